The van der Waals surface area contributed by atoms with Gasteiger partial charge in [-0.1, -0.05) is 36.8 Å². The molecule has 2 saturated heterocycles. The van der Waals surface area contributed by atoms with E-state index in [0.717, 1.165) is 18.5 Å². The van der Waals surface area contributed by atoms with Gasteiger partial charge in [0.05, 0.1) is 11.9 Å². The molecule has 1 atom stereocenters. The molecular formula is C27H29N5O3. The Morgan fingerprint density at radius 3 is 2.34 bits per heavy atom. The van der Waals surface area contributed by atoms with Crippen molar-refractivity contribution >= 4 is 17.8 Å². The van der Waals surface area contributed by atoms with Gasteiger partial charge in [-0.3, -0.25) is 14.9 Å². The predicted octanol–water partition coefficient (Wildman–Crippen LogP) is 3.65. The van der Waals surface area contributed by atoms with Gasteiger partial charge in [-0.05, 0) is 67.5 Å². The number of hydrogen-bond donors (Lipinski definition) is 2. The standard InChI is InChI=1S/C27H29N5O3/c1-3-27(25(34)29-26(35)30-27)22-8-6-20(7-9-22)24(33)31-14-12-19(13-15-31)21-16-28-32(17-21)23-10-4-18(2)5-11-23/h4-11,16-17,19H,3,12-15H2,1-2H3,(H2,29,30,34,35). The third kappa shape index (κ3) is 4.20. The van der Waals surface area contributed by atoms with Crippen LogP contribution in [0.3, 0.4) is 0 Å². The number of piperidine rings is 1. The fourth-order valence-electron chi connectivity index (χ4n) is 5.03. The fourth-order valence-corrected chi connectivity index (χ4v) is 5.03. The maximum Gasteiger partial charge on any atom is 0.322 e. The van der Waals surface area contributed by atoms with Crippen LogP contribution in [-0.4, -0.2) is 45.6 Å². The number of imide groups is 1. The highest BCUT2D eigenvalue weighted by atomic mass is 16.2. The number of aryl methyl sites for hydroxylation is 1. The number of amides is 4. The molecule has 4 amide bonds. The van der Waals surface area contributed by atoms with Crippen LogP contribution in [0.4, 0.5) is 4.79 Å². The summed E-state index contributed by atoms with van der Waals surface area (Å²) in [6.07, 6.45) is 6.21. The van der Waals surface area contributed by atoms with E-state index in [9.17, 15) is 14.4 Å². The monoisotopic (exact) mass is 471 g/mol. The topological polar surface area (TPSA) is 96.3 Å². The van der Waals surface area contributed by atoms with Crippen molar-refractivity contribution in [2.24, 2.45) is 0 Å². The minimum atomic E-state index is -1.08. The van der Waals surface area contributed by atoms with Crippen molar-refractivity contribution in [2.45, 2.75) is 44.6 Å². The number of hydrogen-bond acceptors (Lipinski definition) is 4. The SMILES string of the molecule is CCC1(c2ccc(C(=O)N3CCC(c4cnn(-c5ccc(C)cc5)c4)CC3)cc2)NC(=O)NC1=O. The zero-order valence-electron chi connectivity index (χ0n) is 20.0. The van der Waals surface area contributed by atoms with Crippen molar-refractivity contribution < 1.29 is 14.4 Å². The number of likely N-dealkylation sites (tertiary alicyclic amines) is 1. The molecule has 3 aromatic rings. The van der Waals surface area contributed by atoms with Crippen LogP contribution in [0.25, 0.3) is 5.69 Å². The Hall–Kier alpha value is -3.94. The Morgan fingerprint density at radius 1 is 1.06 bits per heavy atom. The Bertz CT molecular complexity index is 1260. The minimum Gasteiger partial charge on any atom is -0.339 e. The largest absolute Gasteiger partial charge is 0.339 e. The number of carbonyl (C=O) groups is 3. The van der Waals surface area contributed by atoms with E-state index in [1.54, 1.807) is 24.3 Å². The lowest BCUT2D eigenvalue weighted by Gasteiger charge is -2.32. The van der Waals surface area contributed by atoms with Gasteiger partial charge >= 0.3 is 6.03 Å². The summed E-state index contributed by atoms with van der Waals surface area (Å²) in [5.74, 6) is -0.0119. The highest BCUT2D eigenvalue weighted by Crippen LogP contribution is 2.31. The van der Waals surface area contributed by atoms with Gasteiger partial charge in [0.25, 0.3) is 11.8 Å². The molecule has 5 rings (SSSR count). The van der Waals surface area contributed by atoms with Gasteiger partial charge in [0.15, 0.2) is 0 Å². The average Bonchev–Trinajstić information content (AvgIpc) is 3.49. The molecule has 0 spiro atoms. The van der Waals surface area contributed by atoms with E-state index in [1.807, 2.05) is 22.7 Å². The molecule has 0 aliphatic carbocycles. The van der Waals surface area contributed by atoms with Crippen LogP contribution < -0.4 is 10.6 Å². The van der Waals surface area contributed by atoms with Crippen molar-refractivity contribution in [2.75, 3.05) is 13.1 Å². The van der Waals surface area contributed by atoms with Crippen LogP contribution in [0.5, 0.6) is 0 Å². The first-order chi connectivity index (χ1) is 16.9. The van der Waals surface area contributed by atoms with Gasteiger partial charge in [0.2, 0.25) is 0 Å². The quantitative estimate of drug-likeness (QED) is 0.555. The van der Waals surface area contributed by atoms with Crippen LogP contribution in [0, 0.1) is 6.92 Å². The summed E-state index contributed by atoms with van der Waals surface area (Å²) >= 11 is 0. The molecule has 8 heteroatoms. The fraction of sp³-hybridized carbons (Fsp3) is 0.333. The number of aromatic nitrogens is 2. The number of carbonyl (C=O) groups excluding carboxylic acids is 3. The number of urea groups is 1. The maximum absolute atomic E-state index is 13.1. The molecule has 2 N–H and O–H groups in total. The van der Waals surface area contributed by atoms with Crippen LogP contribution in [0.2, 0.25) is 0 Å². The number of benzene rings is 2. The molecule has 0 radical (unpaired) electrons. The second kappa shape index (κ2) is 9.02. The van der Waals surface area contributed by atoms with Crippen molar-refractivity contribution in [3.8, 4) is 5.69 Å². The van der Waals surface area contributed by atoms with Crippen molar-refractivity contribution in [3.63, 3.8) is 0 Å². The summed E-state index contributed by atoms with van der Waals surface area (Å²) in [4.78, 5) is 39.1. The van der Waals surface area contributed by atoms with Crippen molar-refractivity contribution in [1.29, 1.82) is 0 Å². The van der Waals surface area contributed by atoms with E-state index >= 15 is 0 Å². The molecule has 2 fully saturated rings. The average molecular weight is 472 g/mol. The summed E-state index contributed by atoms with van der Waals surface area (Å²) in [6.45, 7) is 5.27. The third-order valence-corrected chi connectivity index (χ3v) is 7.25. The molecule has 1 aromatic heterocycles. The molecule has 2 aromatic carbocycles. The molecular weight excluding hydrogens is 442 g/mol. The molecule has 2 aliphatic rings. The molecule has 2 aliphatic heterocycles. The van der Waals surface area contributed by atoms with E-state index in [-0.39, 0.29) is 11.8 Å². The summed E-state index contributed by atoms with van der Waals surface area (Å²) in [6, 6.07) is 14.8. The zero-order chi connectivity index (χ0) is 24.6. The molecule has 8 nitrogen and oxygen atoms in total. The Labute approximate surface area is 204 Å². The van der Waals surface area contributed by atoms with Crippen molar-refractivity contribution in [1.82, 2.24) is 25.3 Å². The molecule has 180 valence electrons. The normalized spacial score (nSPS) is 20.6. The highest BCUT2D eigenvalue weighted by Gasteiger charge is 2.46. The van der Waals surface area contributed by atoms with E-state index in [2.05, 4.69) is 53.1 Å². The van der Waals surface area contributed by atoms with E-state index in [1.165, 1.54) is 11.1 Å². The second-order valence-electron chi connectivity index (χ2n) is 9.36. The van der Waals surface area contributed by atoms with Gasteiger partial charge in [-0.25, -0.2) is 9.48 Å². The lowest BCUT2D eigenvalue weighted by atomic mass is 9.86. The summed E-state index contributed by atoms with van der Waals surface area (Å²) < 4.78 is 1.91. The first-order valence-corrected chi connectivity index (χ1v) is 12.0. The third-order valence-electron chi connectivity index (χ3n) is 7.25. The number of nitrogens with one attached hydrogen (secondary N) is 2. The first kappa shape index (κ1) is 22.8. The van der Waals surface area contributed by atoms with Crippen LogP contribution >= 0.6 is 0 Å². The minimum absolute atomic E-state index is 0.0178. The van der Waals surface area contributed by atoms with E-state index in [4.69, 9.17) is 0 Å². The van der Waals surface area contributed by atoms with Crippen LogP contribution in [0.15, 0.2) is 60.9 Å². The molecule has 1 unspecified atom stereocenters. The molecule has 3 heterocycles. The predicted molar refractivity (Wildman–Crippen MR) is 131 cm³/mol. The molecule has 35 heavy (non-hydrogen) atoms. The van der Waals surface area contributed by atoms with Crippen LogP contribution in [0.1, 0.15) is 59.2 Å². The van der Waals surface area contributed by atoms with E-state index < -0.39 is 11.6 Å². The zero-order valence-corrected chi connectivity index (χ0v) is 20.0. The van der Waals surface area contributed by atoms with Gasteiger partial charge < -0.3 is 10.2 Å². The Balaban J connectivity index is 1.22. The number of rotatable bonds is 5. The van der Waals surface area contributed by atoms with Crippen molar-refractivity contribution in [3.05, 3.63) is 83.2 Å². The first-order valence-electron chi connectivity index (χ1n) is 12.0. The number of nitrogens with zero attached hydrogens (tertiary/aromatic N) is 3. The molecule has 0 saturated carbocycles. The summed E-state index contributed by atoms with van der Waals surface area (Å²) in [7, 11) is 0. The van der Waals surface area contributed by atoms with Gasteiger partial charge in [0, 0.05) is 24.8 Å². The van der Waals surface area contributed by atoms with Gasteiger partial charge in [-0.15, -0.1) is 0 Å². The lowest BCUT2D eigenvalue weighted by molar-refractivity contribution is -0.124. The Morgan fingerprint density at radius 2 is 1.74 bits per heavy atom. The molecule has 0 bridgehead atoms. The second-order valence-corrected chi connectivity index (χ2v) is 9.36. The summed E-state index contributed by atoms with van der Waals surface area (Å²) in [5, 5.41) is 9.57. The van der Waals surface area contributed by atoms with Gasteiger partial charge in [0.1, 0.15) is 5.54 Å². The van der Waals surface area contributed by atoms with Gasteiger partial charge in [-0.2, -0.15) is 5.10 Å². The smallest absolute Gasteiger partial charge is 0.322 e. The van der Waals surface area contributed by atoms with E-state index in [0.29, 0.717) is 36.6 Å². The maximum atomic E-state index is 13.1. The Kier molecular flexibility index (Phi) is 5.88. The lowest BCUT2D eigenvalue weighted by Crippen LogP contribution is -2.43. The summed E-state index contributed by atoms with van der Waals surface area (Å²) in [5.41, 5.74) is 3.62. The highest BCUT2D eigenvalue weighted by molar-refractivity contribution is 6.07. The van der Waals surface area contributed by atoms with Crippen LogP contribution in [-0.2, 0) is 10.3 Å².